The molecule has 8 heteroatoms. The summed E-state index contributed by atoms with van der Waals surface area (Å²) in [7, 11) is -3.79. The van der Waals surface area contributed by atoms with Crippen LogP contribution < -0.4 is 10.5 Å². The number of benzene rings is 1. The SMILES string of the molecule is CCN(/C=C(/C#N)C(=O)Nc1ccc(S(N)(=O)=O)cc1)C(C)(C)C. The van der Waals surface area contributed by atoms with Gasteiger partial charge < -0.3 is 10.2 Å². The maximum absolute atomic E-state index is 12.2. The van der Waals surface area contributed by atoms with Crippen LogP contribution in [-0.4, -0.2) is 31.3 Å². The standard InChI is InChI=1S/C16H22N4O3S/c1-5-20(16(2,3)4)11-12(10-17)15(21)19-13-6-8-14(9-7-13)24(18,22)23/h6-9,11H,5H2,1-4H3,(H,19,21)(H2,18,22,23)/b12-11-. The Balaban J connectivity index is 2.98. The number of carbonyl (C=O) groups is 1. The zero-order valence-electron chi connectivity index (χ0n) is 14.2. The highest BCUT2D eigenvalue weighted by Crippen LogP contribution is 2.16. The minimum absolute atomic E-state index is 0.0395. The van der Waals surface area contributed by atoms with Crippen molar-refractivity contribution < 1.29 is 13.2 Å². The summed E-state index contributed by atoms with van der Waals surface area (Å²) in [4.78, 5) is 14.1. The lowest BCUT2D eigenvalue weighted by atomic mass is 10.1. The number of hydrogen-bond acceptors (Lipinski definition) is 5. The lowest BCUT2D eigenvalue weighted by Crippen LogP contribution is -2.37. The summed E-state index contributed by atoms with van der Waals surface area (Å²) in [5.74, 6) is -0.566. The fraction of sp³-hybridized carbons (Fsp3) is 0.375. The molecule has 0 heterocycles. The molecule has 0 aliphatic carbocycles. The van der Waals surface area contributed by atoms with Crippen LogP contribution in [-0.2, 0) is 14.8 Å². The monoisotopic (exact) mass is 350 g/mol. The zero-order chi connectivity index (χ0) is 18.5. The van der Waals surface area contributed by atoms with Gasteiger partial charge in [-0.2, -0.15) is 5.26 Å². The van der Waals surface area contributed by atoms with Crippen molar-refractivity contribution >= 4 is 21.6 Å². The highest BCUT2D eigenvalue weighted by Gasteiger charge is 2.19. The van der Waals surface area contributed by atoms with E-state index < -0.39 is 15.9 Å². The number of amides is 1. The minimum Gasteiger partial charge on any atom is -0.372 e. The molecule has 0 bridgehead atoms. The Bertz CT molecular complexity index is 769. The summed E-state index contributed by atoms with van der Waals surface area (Å²) in [6, 6.07) is 7.28. The number of hydrogen-bond donors (Lipinski definition) is 2. The number of sulfonamides is 1. The van der Waals surface area contributed by atoms with Crippen LogP contribution in [0.2, 0.25) is 0 Å². The Morgan fingerprint density at radius 3 is 2.25 bits per heavy atom. The fourth-order valence-electron chi connectivity index (χ4n) is 1.98. The molecule has 0 aliphatic rings. The molecule has 0 atom stereocenters. The summed E-state index contributed by atoms with van der Waals surface area (Å²) in [5, 5.41) is 16.8. The van der Waals surface area contributed by atoms with Gasteiger partial charge in [0.1, 0.15) is 11.6 Å². The molecular formula is C16H22N4O3S. The first-order valence-corrected chi connectivity index (χ1v) is 8.86. The minimum atomic E-state index is -3.79. The Labute approximate surface area is 142 Å². The molecule has 0 saturated carbocycles. The van der Waals surface area contributed by atoms with Crippen molar-refractivity contribution in [3.8, 4) is 6.07 Å². The number of nitrogens with zero attached hydrogens (tertiary/aromatic N) is 2. The normalized spacial score (nSPS) is 12.4. The summed E-state index contributed by atoms with van der Waals surface area (Å²) >= 11 is 0. The Morgan fingerprint density at radius 2 is 1.88 bits per heavy atom. The molecule has 0 saturated heterocycles. The van der Waals surface area contributed by atoms with Crippen molar-refractivity contribution in [2.45, 2.75) is 38.1 Å². The van der Waals surface area contributed by atoms with Gasteiger partial charge >= 0.3 is 0 Å². The van der Waals surface area contributed by atoms with Gasteiger partial charge in [0.2, 0.25) is 10.0 Å². The summed E-state index contributed by atoms with van der Waals surface area (Å²) < 4.78 is 22.4. The summed E-state index contributed by atoms with van der Waals surface area (Å²) in [5.41, 5.74) is 0.100. The first-order chi connectivity index (χ1) is 11.0. The van der Waals surface area contributed by atoms with E-state index in [0.717, 1.165) is 0 Å². The van der Waals surface area contributed by atoms with Crippen LogP contribution in [0.25, 0.3) is 0 Å². The molecule has 0 radical (unpaired) electrons. The number of nitrogens with one attached hydrogen (secondary N) is 1. The van der Waals surface area contributed by atoms with Crippen LogP contribution >= 0.6 is 0 Å². The first-order valence-electron chi connectivity index (χ1n) is 7.32. The van der Waals surface area contributed by atoms with E-state index in [2.05, 4.69) is 5.32 Å². The lowest BCUT2D eigenvalue weighted by Gasteiger charge is -2.33. The van der Waals surface area contributed by atoms with E-state index in [1.165, 1.54) is 30.5 Å². The van der Waals surface area contributed by atoms with Crippen LogP contribution in [0, 0.1) is 11.3 Å². The summed E-state index contributed by atoms with van der Waals surface area (Å²) in [6.45, 7) is 8.51. The zero-order valence-corrected chi connectivity index (χ0v) is 15.0. The number of carbonyl (C=O) groups excluding carboxylic acids is 1. The van der Waals surface area contributed by atoms with E-state index in [1.807, 2.05) is 38.7 Å². The highest BCUT2D eigenvalue weighted by molar-refractivity contribution is 7.89. The Kier molecular flexibility index (Phi) is 6.12. The molecule has 24 heavy (non-hydrogen) atoms. The van der Waals surface area contributed by atoms with Crippen molar-refractivity contribution in [2.75, 3.05) is 11.9 Å². The van der Waals surface area contributed by atoms with Crippen LogP contribution in [0.3, 0.4) is 0 Å². The molecule has 0 unspecified atom stereocenters. The largest absolute Gasteiger partial charge is 0.372 e. The van der Waals surface area contributed by atoms with Gasteiger partial charge in [-0.05, 0) is 52.0 Å². The predicted octanol–water partition coefficient (Wildman–Crippen LogP) is 1.80. The molecule has 1 rings (SSSR count). The van der Waals surface area contributed by atoms with Crippen LogP contribution in [0.1, 0.15) is 27.7 Å². The van der Waals surface area contributed by atoms with E-state index in [9.17, 15) is 18.5 Å². The lowest BCUT2D eigenvalue weighted by molar-refractivity contribution is -0.112. The smallest absolute Gasteiger partial charge is 0.267 e. The second-order valence-corrected chi connectivity index (χ2v) is 7.70. The second kappa shape index (κ2) is 7.47. The molecule has 0 aromatic heterocycles. The number of rotatable bonds is 5. The third kappa shape index (κ3) is 5.37. The van der Waals surface area contributed by atoms with E-state index in [1.54, 1.807) is 0 Å². The van der Waals surface area contributed by atoms with Gasteiger partial charge in [-0.1, -0.05) is 0 Å². The van der Waals surface area contributed by atoms with Gasteiger partial charge in [0.15, 0.2) is 0 Å². The molecule has 1 aromatic rings. The van der Waals surface area contributed by atoms with Crippen molar-refractivity contribution in [2.24, 2.45) is 5.14 Å². The Hall–Kier alpha value is -2.37. The fourth-order valence-corrected chi connectivity index (χ4v) is 2.50. The Morgan fingerprint density at radius 1 is 1.33 bits per heavy atom. The van der Waals surface area contributed by atoms with Crippen molar-refractivity contribution in [3.63, 3.8) is 0 Å². The molecule has 1 amide bonds. The molecule has 0 aliphatic heterocycles. The topological polar surface area (TPSA) is 116 Å². The average Bonchev–Trinajstić information content (AvgIpc) is 2.46. The molecule has 1 aromatic carbocycles. The molecular weight excluding hydrogens is 328 g/mol. The van der Waals surface area contributed by atoms with Gasteiger partial charge in [0.25, 0.3) is 5.91 Å². The van der Waals surface area contributed by atoms with Gasteiger partial charge in [0, 0.05) is 24.0 Å². The third-order valence-electron chi connectivity index (χ3n) is 3.29. The first kappa shape index (κ1) is 19.7. The highest BCUT2D eigenvalue weighted by atomic mass is 32.2. The maximum atomic E-state index is 12.2. The van der Waals surface area contributed by atoms with Crippen LogP contribution in [0.4, 0.5) is 5.69 Å². The maximum Gasteiger partial charge on any atom is 0.267 e. The number of anilines is 1. The van der Waals surface area contributed by atoms with E-state index in [4.69, 9.17) is 5.14 Å². The number of nitrogens with two attached hydrogens (primary N) is 1. The average molecular weight is 350 g/mol. The van der Waals surface area contributed by atoms with Gasteiger partial charge in [-0.15, -0.1) is 0 Å². The van der Waals surface area contributed by atoms with E-state index >= 15 is 0 Å². The molecule has 130 valence electrons. The van der Waals surface area contributed by atoms with Gasteiger partial charge in [-0.3, -0.25) is 4.79 Å². The third-order valence-corrected chi connectivity index (χ3v) is 4.22. The van der Waals surface area contributed by atoms with Crippen LogP contribution in [0.15, 0.2) is 40.9 Å². The number of nitriles is 1. The summed E-state index contributed by atoms with van der Waals surface area (Å²) in [6.07, 6.45) is 1.52. The molecule has 7 nitrogen and oxygen atoms in total. The van der Waals surface area contributed by atoms with Crippen LogP contribution in [0.5, 0.6) is 0 Å². The van der Waals surface area contributed by atoms with Crippen molar-refractivity contribution in [3.05, 3.63) is 36.0 Å². The molecule has 0 fully saturated rings. The van der Waals surface area contributed by atoms with Gasteiger partial charge in [0.05, 0.1) is 4.90 Å². The second-order valence-electron chi connectivity index (χ2n) is 6.13. The number of primary sulfonamides is 1. The molecule has 3 N–H and O–H groups in total. The van der Waals surface area contributed by atoms with Gasteiger partial charge in [-0.25, -0.2) is 13.6 Å². The molecule has 0 spiro atoms. The van der Waals surface area contributed by atoms with E-state index in [-0.39, 0.29) is 16.0 Å². The quantitative estimate of drug-likeness (QED) is 0.620. The van der Waals surface area contributed by atoms with Crippen molar-refractivity contribution in [1.82, 2.24) is 4.90 Å². The van der Waals surface area contributed by atoms with Crippen molar-refractivity contribution in [1.29, 1.82) is 5.26 Å². The van der Waals surface area contributed by atoms with E-state index in [0.29, 0.717) is 12.2 Å². The predicted molar refractivity (Wildman–Crippen MR) is 92.3 cm³/mol.